The summed E-state index contributed by atoms with van der Waals surface area (Å²) < 4.78 is 19.2. The van der Waals surface area contributed by atoms with Crippen molar-refractivity contribution in [3.8, 4) is 5.69 Å². The number of aryl methyl sites for hydroxylation is 1. The number of hydrogen-bond acceptors (Lipinski definition) is 3. The van der Waals surface area contributed by atoms with Gasteiger partial charge in [0.1, 0.15) is 10.5 Å². The van der Waals surface area contributed by atoms with Crippen LogP contribution in [0.5, 0.6) is 0 Å². The fraction of sp³-hybridized carbons (Fsp3) is 0.0833. The van der Waals surface area contributed by atoms with Crippen LogP contribution in [0.2, 0.25) is 0 Å². The topological polar surface area (TPSA) is 44.0 Å². The molecule has 2 aromatic heterocycles. The minimum Gasteiger partial charge on any atom is -0.287 e. The second kappa shape index (κ2) is 7.59. The van der Waals surface area contributed by atoms with Gasteiger partial charge in [-0.15, -0.1) is 11.3 Å². The highest BCUT2D eigenvalue weighted by atomic mass is 79.9. The van der Waals surface area contributed by atoms with Crippen LogP contribution < -0.4 is 11.2 Å². The fourth-order valence-corrected chi connectivity index (χ4v) is 5.33. The summed E-state index contributed by atoms with van der Waals surface area (Å²) in [5.41, 5.74) is 1.46. The van der Waals surface area contributed by atoms with Crippen LogP contribution >= 0.6 is 27.3 Å². The molecule has 0 fully saturated rings. The van der Waals surface area contributed by atoms with Crippen LogP contribution in [0.1, 0.15) is 11.1 Å². The van der Waals surface area contributed by atoms with Gasteiger partial charge in [0.15, 0.2) is 0 Å². The van der Waals surface area contributed by atoms with E-state index in [1.807, 2.05) is 55.5 Å². The highest BCUT2D eigenvalue weighted by Crippen LogP contribution is 2.31. The molecule has 0 aliphatic rings. The van der Waals surface area contributed by atoms with E-state index in [0.29, 0.717) is 14.7 Å². The van der Waals surface area contributed by atoms with Crippen molar-refractivity contribution in [2.45, 2.75) is 13.5 Å². The van der Waals surface area contributed by atoms with Gasteiger partial charge in [-0.25, -0.2) is 13.8 Å². The van der Waals surface area contributed by atoms with Crippen molar-refractivity contribution in [3.63, 3.8) is 0 Å². The zero-order valence-corrected chi connectivity index (χ0v) is 18.8. The third-order valence-corrected chi connectivity index (χ3v) is 6.87. The Morgan fingerprint density at radius 1 is 1.00 bits per heavy atom. The molecule has 0 N–H and O–H groups in total. The lowest BCUT2D eigenvalue weighted by Crippen LogP contribution is -2.39. The molecule has 0 atom stereocenters. The third kappa shape index (κ3) is 3.34. The van der Waals surface area contributed by atoms with Gasteiger partial charge in [-0.1, -0.05) is 64.0 Å². The van der Waals surface area contributed by atoms with Crippen LogP contribution in [0.25, 0.3) is 26.0 Å². The number of halogens is 2. The number of thiophene rings is 1. The lowest BCUT2D eigenvalue weighted by atomic mass is 10.1. The summed E-state index contributed by atoms with van der Waals surface area (Å²) >= 11 is 4.54. The second-order valence-corrected chi connectivity index (χ2v) is 9.34. The summed E-state index contributed by atoms with van der Waals surface area (Å²) in [5, 5.41) is 0.841. The number of benzene rings is 3. The van der Waals surface area contributed by atoms with E-state index in [1.54, 1.807) is 10.6 Å². The van der Waals surface area contributed by atoms with E-state index in [9.17, 15) is 14.0 Å². The fourth-order valence-electron chi connectivity index (χ4n) is 3.86. The minimum absolute atomic E-state index is 0.0597. The first kappa shape index (κ1) is 19.9. The van der Waals surface area contributed by atoms with Crippen molar-refractivity contribution in [2.24, 2.45) is 0 Å². The van der Waals surface area contributed by atoms with Crippen molar-refractivity contribution >= 4 is 47.6 Å². The van der Waals surface area contributed by atoms with Crippen molar-refractivity contribution in [1.29, 1.82) is 0 Å². The molecule has 7 heteroatoms. The molecule has 31 heavy (non-hydrogen) atoms. The zero-order chi connectivity index (χ0) is 21.7. The molecule has 0 spiro atoms. The number of rotatable bonds is 3. The highest BCUT2D eigenvalue weighted by molar-refractivity contribution is 9.10. The average Bonchev–Trinajstić information content (AvgIpc) is 3.13. The molecule has 0 saturated heterocycles. The van der Waals surface area contributed by atoms with Gasteiger partial charge in [-0.3, -0.25) is 9.36 Å². The normalized spacial score (nSPS) is 11.5. The van der Waals surface area contributed by atoms with Crippen LogP contribution in [0.15, 0.2) is 80.8 Å². The minimum atomic E-state index is -0.642. The van der Waals surface area contributed by atoms with E-state index in [4.69, 9.17) is 0 Å². The van der Waals surface area contributed by atoms with Crippen LogP contribution in [0, 0.1) is 12.7 Å². The van der Waals surface area contributed by atoms with Crippen molar-refractivity contribution < 1.29 is 4.39 Å². The predicted molar refractivity (Wildman–Crippen MR) is 127 cm³/mol. The first-order valence-electron chi connectivity index (χ1n) is 9.62. The Hall–Kier alpha value is -3.03. The summed E-state index contributed by atoms with van der Waals surface area (Å²) in [6, 6.07) is 19.8. The van der Waals surface area contributed by atoms with Gasteiger partial charge in [-0.05, 0) is 36.8 Å². The van der Waals surface area contributed by atoms with Gasteiger partial charge in [0.2, 0.25) is 0 Å². The quantitative estimate of drug-likeness (QED) is 0.326. The molecule has 0 unspecified atom stereocenters. The summed E-state index contributed by atoms with van der Waals surface area (Å²) in [6.45, 7) is 2.26. The zero-order valence-electron chi connectivity index (χ0n) is 16.4. The van der Waals surface area contributed by atoms with Gasteiger partial charge in [0, 0.05) is 14.6 Å². The van der Waals surface area contributed by atoms with Crippen LogP contribution in [-0.4, -0.2) is 9.13 Å². The molecule has 0 radical (unpaired) electrons. The Kier molecular flexibility index (Phi) is 4.87. The lowest BCUT2D eigenvalue weighted by molar-refractivity contribution is 0.606. The maximum Gasteiger partial charge on any atom is 0.336 e. The molecule has 0 amide bonds. The van der Waals surface area contributed by atoms with Crippen molar-refractivity contribution in [1.82, 2.24) is 9.13 Å². The van der Waals surface area contributed by atoms with E-state index in [1.165, 1.54) is 23.5 Å². The molecule has 154 valence electrons. The summed E-state index contributed by atoms with van der Waals surface area (Å²) in [6.07, 6.45) is 0. The molecule has 5 aromatic rings. The van der Waals surface area contributed by atoms with E-state index in [0.717, 1.165) is 25.8 Å². The van der Waals surface area contributed by atoms with Gasteiger partial charge in [0.05, 0.1) is 17.7 Å². The van der Waals surface area contributed by atoms with Crippen LogP contribution in [0.4, 0.5) is 4.39 Å². The molecule has 0 aliphatic carbocycles. The van der Waals surface area contributed by atoms with E-state index in [-0.39, 0.29) is 12.2 Å². The maximum atomic E-state index is 14.8. The van der Waals surface area contributed by atoms with Crippen LogP contribution in [0.3, 0.4) is 0 Å². The monoisotopic (exact) mass is 494 g/mol. The molecular formula is C24H16BrFN2O2S. The van der Waals surface area contributed by atoms with Crippen molar-refractivity contribution in [2.75, 3.05) is 0 Å². The standard InChI is InChI=1S/C24H16BrFN2O2S/c1-14-5-4-6-15(11-14)13-27-21-17-7-2-3-8-20(17)31-22(21)23(29)28(24(27)30)19-10-9-16(25)12-18(19)26/h2-12H,13H2,1H3. The van der Waals surface area contributed by atoms with Crippen LogP contribution in [-0.2, 0) is 6.54 Å². The van der Waals surface area contributed by atoms with Gasteiger partial charge in [0.25, 0.3) is 5.56 Å². The largest absolute Gasteiger partial charge is 0.336 e. The number of hydrogen-bond donors (Lipinski definition) is 0. The van der Waals surface area contributed by atoms with Gasteiger partial charge >= 0.3 is 5.69 Å². The maximum absolute atomic E-state index is 14.8. The first-order chi connectivity index (χ1) is 14.9. The highest BCUT2D eigenvalue weighted by Gasteiger charge is 2.21. The Bertz CT molecular complexity index is 1600. The Morgan fingerprint density at radius 3 is 2.58 bits per heavy atom. The number of aromatic nitrogens is 2. The SMILES string of the molecule is Cc1cccc(Cn2c(=O)n(-c3ccc(Br)cc3F)c(=O)c3sc4ccccc4c32)c1. The van der Waals surface area contributed by atoms with E-state index < -0.39 is 17.1 Å². The predicted octanol–water partition coefficient (Wildman–Crippen LogP) is 5.63. The van der Waals surface area contributed by atoms with Gasteiger partial charge < -0.3 is 0 Å². The molecule has 5 rings (SSSR count). The summed E-state index contributed by atoms with van der Waals surface area (Å²) in [7, 11) is 0. The molecule has 0 saturated carbocycles. The molecule has 2 heterocycles. The smallest absolute Gasteiger partial charge is 0.287 e. The molecule has 4 nitrogen and oxygen atoms in total. The van der Waals surface area contributed by atoms with E-state index in [2.05, 4.69) is 15.9 Å². The third-order valence-electron chi connectivity index (χ3n) is 5.23. The second-order valence-electron chi connectivity index (χ2n) is 7.37. The summed E-state index contributed by atoms with van der Waals surface area (Å²) in [4.78, 5) is 27.0. The Labute approximate surface area is 188 Å². The van der Waals surface area contributed by atoms with Crippen molar-refractivity contribution in [3.05, 3.63) is 109 Å². The Morgan fingerprint density at radius 2 is 1.81 bits per heavy atom. The van der Waals surface area contributed by atoms with E-state index >= 15 is 0 Å². The molecular weight excluding hydrogens is 479 g/mol. The molecule has 3 aromatic carbocycles. The average molecular weight is 495 g/mol. The lowest BCUT2D eigenvalue weighted by Gasteiger charge is -2.14. The molecule has 0 bridgehead atoms. The number of nitrogens with zero attached hydrogens (tertiary/aromatic N) is 2. The Balaban J connectivity index is 1.91. The summed E-state index contributed by atoms with van der Waals surface area (Å²) in [5.74, 6) is -0.642. The molecule has 0 aliphatic heterocycles. The van der Waals surface area contributed by atoms with Gasteiger partial charge in [-0.2, -0.15) is 0 Å². The number of fused-ring (bicyclic) bond motifs is 3. The first-order valence-corrected chi connectivity index (χ1v) is 11.2.